The van der Waals surface area contributed by atoms with Crippen LogP contribution in [0.2, 0.25) is 10.0 Å². The van der Waals surface area contributed by atoms with Crippen molar-refractivity contribution in [1.82, 2.24) is 0 Å². The fourth-order valence-electron chi connectivity index (χ4n) is 2.38. The zero-order valence-electron chi connectivity index (χ0n) is 11.5. The SMILES string of the molecule is [N-]=[N+]=NCC1CNc2cccc(-c3ccc(Cl)cc3Cl)c2O1. The largest absolute Gasteiger partial charge is 0.486 e. The van der Waals surface area contributed by atoms with Gasteiger partial charge in [0.2, 0.25) is 0 Å². The number of anilines is 1. The number of hydrogen-bond acceptors (Lipinski definition) is 3. The average molecular weight is 335 g/mol. The summed E-state index contributed by atoms with van der Waals surface area (Å²) >= 11 is 12.3. The number of nitrogens with zero attached hydrogens (tertiary/aromatic N) is 3. The summed E-state index contributed by atoms with van der Waals surface area (Å²) in [6, 6.07) is 11.2. The van der Waals surface area contributed by atoms with Crippen molar-refractivity contribution in [3.63, 3.8) is 0 Å². The maximum absolute atomic E-state index is 8.44. The second-order valence-corrected chi connectivity index (χ2v) is 5.68. The molecule has 0 bridgehead atoms. The first kappa shape index (κ1) is 14.9. The smallest absolute Gasteiger partial charge is 0.150 e. The van der Waals surface area contributed by atoms with Gasteiger partial charge in [-0.1, -0.05) is 46.5 Å². The Bertz CT molecular complexity index is 759. The molecule has 0 saturated heterocycles. The van der Waals surface area contributed by atoms with Crippen LogP contribution in [0.15, 0.2) is 41.5 Å². The first-order valence-electron chi connectivity index (χ1n) is 6.69. The van der Waals surface area contributed by atoms with Crippen LogP contribution in [-0.2, 0) is 0 Å². The third-order valence-corrected chi connectivity index (χ3v) is 3.94. The van der Waals surface area contributed by atoms with Crippen LogP contribution in [0.25, 0.3) is 21.6 Å². The van der Waals surface area contributed by atoms with Crippen molar-refractivity contribution in [2.24, 2.45) is 5.11 Å². The van der Waals surface area contributed by atoms with E-state index in [9.17, 15) is 0 Å². The monoisotopic (exact) mass is 334 g/mol. The lowest BCUT2D eigenvalue weighted by Gasteiger charge is -2.28. The zero-order chi connectivity index (χ0) is 15.5. The molecule has 2 aromatic rings. The fraction of sp³-hybridized carbons (Fsp3) is 0.200. The molecule has 3 rings (SSSR count). The van der Waals surface area contributed by atoms with Crippen molar-refractivity contribution in [2.45, 2.75) is 6.10 Å². The molecule has 0 aliphatic carbocycles. The van der Waals surface area contributed by atoms with Crippen molar-refractivity contribution in [1.29, 1.82) is 0 Å². The Morgan fingerprint density at radius 3 is 2.91 bits per heavy atom. The predicted octanol–water partition coefficient (Wildman–Crippen LogP) is 5.14. The normalized spacial score (nSPS) is 16.0. The number of halogens is 2. The Labute approximate surface area is 137 Å². The molecule has 0 saturated carbocycles. The molecule has 22 heavy (non-hydrogen) atoms. The summed E-state index contributed by atoms with van der Waals surface area (Å²) in [6.45, 7) is 0.857. The molecule has 1 unspecified atom stereocenters. The van der Waals surface area contributed by atoms with Crippen molar-refractivity contribution >= 4 is 28.9 Å². The number of benzene rings is 2. The maximum Gasteiger partial charge on any atom is 0.150 e. The van der Waals surface area contributed by atoms with Crippen LogP contribution in [0.3, 0.4) is 0 Å². The van der Waals surface area contributed by atoms with Crippen LogP contribution in [0.4, 0.5) is 5.69 Å². The third-order valence-electron chi connectivity index (χ3n) is 3.39. The van der Waals surface area contributed by atoms with Gasteiger partial charge in [0.25, 0.3) is 0 Å². The number of nitrogens with one attached hydrogen (secondary N) is 1. The Morgan fingerprint density at radius 1 is 1.27 bits per heavy atom. The van der Waals surface area contributed by atoms with Gasteiger partial charge in [-0.15, -0.1) is 0 Å². The molecule has 7 heteroatoms. The minimum Gasteiger partial charge on any atom is -0.486 e. The summed E-state index contributed by atoms with van der Waals surface area (Å²) in [7, 11) is 0. The van der Waals surface area contributed by atoms with E-state index in [0.29, 0.717) is 22.3 Å². The molecular formula is C15H12Cl2N4O. The molecule has 2 aromatic carbocycles. The van der Waals surface area contributed by atoms with E-state index in [-0.39, 0.29) is 12.6 Å². The number of ether oxygens (including phenoxy) is 1. The van der Waals surface area contributed by atoms with Crippen molar-refractivity contribution in [3.8, 4) is 16.9 Å². The Morgan fingerprint density at radius 2 is 2.14 bits per heavy atom. The first-order valence-corrected chi connectivity index (χ1v) is 7.44. The predicted molar refractivity (Wildman–Crippen MR) is 88.8 cm³/mol. The third kappa shape index (κ3) is 2.92. The van der Waals surface area contributed by atoms with E-state index in [4.69, 9.17) is 33.5 Å². The molecule has 0 radical (unpaired) electrons. The standard InChI is InChI=1S/C15H12Cl2N4O/c16-9-4-5-11(13(17)6-9)12-2-1-3-14-15(12)22-10(7-19-14)8-20-21-18/h1-6,10,19H,7-8H2. The van der Waals surface area contributed by atoms with Gasteiger partial charge in [0, 0.05) is 21.1 Å². The molecule has 0 amide bonds. The van der Waals surface area contributed by atoms with Gasteiger partial charge in [0.15, 0.2) is 5.75 Å². The van der Waals surface area contributed by atoms with E-state index in [2.05, 4.69) is 15.3 Å². The molecule has 1 aliphatic heterocycles. The van der Waals surface area contributed by atoms with Gasteiger partial charge >= 0.3 is 0 Å². The maximum atomic E-state index is 8.44. The average Bonchev–Trinajstić information content (AvgIpc) is 2.52. The summed E-state index contributed by atoms with van der Waals surface area (Å²) < 4.78 is 5.99. The summed E-state index contributed by atoms with van der Waals surface area (Å²) in [5, 5.41) is 8.00. The van der Waals surface area contributed by atoms with Crippen LogP contribution >= 0.6 is 23.2 Å². The second kappa shape index (κ2) is 6.36. The van der Waals surface area contributed by atoms with Crippen LogP contribution in [0, 0.1) is 0 Å². The highest BCUT2D eigenvalue weighted by Gasteiger charge is 2.22. The second-order valence-electron chi connectivity index (χ2n) is 4.84. The molecule has 1 atom stereocenters. The highest BCUT2D eigenvalue weighted by Crippen LogP contribution is 2.42. The van der Waals surface area contributed by atoms with Gasteiger partial charge in [0.1, 0.15) is 6.10 Å². The molecule has 1 aliphatic rings. The van der Waals surface area contributed by atoms with E-state index in [1.807, 2.05) is 24.3 Å². The first-order chi connectivity index (χ1) is 10.7. The Kier molecular flexibility index (Phi) is 4.29. The highest BCUT2D eigenvalue weighted by atomic mass is 35.5. The summed E-state index contributed by atoms with van der Waals surface area (Å²) in [5.74, 6) is 0.705. The van der Waals surface area contributed by atoms with E-state index in [0.717, 1.165) is 16.8 Å². The quantitative estimate of drug-likeness (QED) is 0.479. The minimum atomic E-state index is -0.212. The molecule has 112 valence electrons. The van der Waals surface area contributed by atoms with Crippen molar-refractivity contribution in [3.05, 3.63) is 56.9 Å². The fourth-order valence-corrected chi connectivity index (χ4v) is 2.90. The van der Waals surface area contributed by atoms with Crippen LogP contribution in [0.5, 0.6) is 5.75 Å². The molecule has 0 spiro atoms. The zero-order valence-corrected chi connectivity index (χ0v) is 13.0. The molecule has 1 N–H and O–H groups in total. The van der Waals surface area contributed by atoms with Gasteiger partial charge in [-0.3, -0.25) is 0 Å². The van der Waals surface area contributed by atoms with Gasteiger partial charge < -0.3 is 10.1 Å². The number of fused-ring (bicyclic) bond motifs is 1. The van der Waals surface area contributed by atoms with Crippen LogP contribution in [0.1, 0.15) is 0 Å². The molecule has 0 aromatic heterocycles. The Balaban J connectivity index is 2.02. The van der Waals surface area contributed by atoms with Gasteiger partial charge in [0.05, 0.1) is 23.8 Å². The van der Waals surface area contributed by atoms with E-state index in [1.165, 1.54) is 0 Å². The van der Waals surface area contributed by atoms with Crippen LogP contribution in [-0.4, -0.2) is 19.2 Å². The molecule has 5 nitrogen and oxygen atoms in total. The number of para-hydroxylation sites is 1. The minimum absolute atomic E-state index is 0.212. The van der Waals surface area contributed by atoms with Gasteiger partial charge in [-0.2, -0.15) is 0 Å². The van der Waals surface area contributed by atoms with E-state index >= 15 is 0 Å². The van der Waals surface area contributed by atoms with Crippen molar-refractivity contribution < 1.29 is 4.74 Å². The lowest BCUT2D eigenvalue weighted by molar-refractivity contribution is 0.215. The number of rotatable bonds is 3. The van der Waals surface area contributed by atoms with Crippen LogP contribution < -0.4 is 10.1 Å². The van der Waals surface area contributed by atoms with Gasteiger partial charge in [-0.05, 0) is 23.7 Å². The highest BCUT2D eigenvalue weighted by molar-refractivity contribution is 6.36. The lowest BCUT2D eigenvalue weighted by atomic mass is 10.0. The van der Waals surface area contributed by atoms with Crippen molar-refractivity contribution in [2.75, 3.05) is 18.4 Å². The number of azide groups is 1. The number of hydrogen-bond donors (Lipinski definition) is 1. The molecule has 0 fully saturated rings. The Hall–Kier alpha value is -2.07. The lowest BCUT2D eigenvalue weighted by Crippen LogP contribution is -2.33. The summed E-state index contributed by atoms with van der Waals surface area (Å²) in [5.41, 5.74) is 11.0. The topological polar surface area (TPSA) is 70.0 Å². The molecule has 1 heterocycles. The van der Waals surface area contributed by atoms with E-state index < -0.39 is 0 Å². The summed E-state index contributed by atoms with van der Waals surface area (Å²) in [4.78, 5) is 2.77. The molecular weight excluding hydrogens is 323 g/mol. The van der Waals surface area contributed by atoms with E-state index in [1.54, 1.807) is 12.1 Å². The summed E-state index contributed by atoms with van der Waals surface area (Å²) in [6.07, 6.45) is -0.212. The van der Waals surface area contributed by atoms with Gasteiger partial charge in [-0.25, -0.2) is 0 Å².